The standard InChI is InChI=1S/C4H8N2O4S/c7-4(8)6-11(9,10)3-1-5-2-3/h3,5-6H,1-2H2,(H,7,8). The molecule has 0 radical (unpaired) electrons. The molecule has 1 fully saturated rings. The maximum Gasteiger partial charge on any atom is 0.418 e. The molecule has 6 nitrogen and oxygen atoms in total. The zero-order chi connectivity index (χ0) is 8.48. The molecule has 1 aliphatic heterocycles. The highest BCUT2D eigenvalue weighted by Gasteiger charge is 2.32. The Balaban J connectivity index is 2.59. The van der Waals surface area contributed by atoms with E-state index >= 15 is 0 Å². The van der Waals surface area contributed by atoms with Gasteiger partial charge in [-0.05, 0) is 0 Å². The fourth-order valence-corrected chi connectivity index (χ4v) is 1.77. The van der Waals surface area contributed by atoms with E-state index in [-0.39, 0.29) is 0 Å². The number of sulfonamides is 1. The predicted octanol–water partition coefficient (Wildman–Crippen LogP) is -1.44. The molecule has 0 aliphatic carbocycles. The third-order valence-electron chi connectivity index (χ3n) is 1.41. The largest absolute Gasteiger partial charge is 0.464 e. The molecule has 1 aliphatic rings. The lowest BCUT2D eigenvalue weighted by Crippen LogP contribution is -2.55. The highest BCUT2D eigenvalue weighted by Crippen LogP contribution is 2.03. The van der Waals surface area contributed by atoms with Crippen LogP contribution in [0, 0.1) is 0 Å². The summed E-state index contributed by atoms with van der Waals surface area (Å²) in [6, 6.07) is 0. The molecule has 0 aromatic carbocycles. The summed E-state index contributed by atoms with van der Waals surface area (Å²) in [7, 11) is -3.63. The second-order valence-corrected chi connectivity index (χ2v) is 4.19. The van der Waals surface area contributed by atoms with Crippen molar-refractivity contribution in [2.24, 2.45) is 0 Å². The topological polar surface area (TPSA) is 95.5 Å². The zero-order valence-electron chi connectivity index (χ0n) is 5.57. The minimum atomic E-state index is -3.63. The average Bonchev–Trinajstić information content (AvgIpc) is 1.50. The van der Waals surface area contributed by atoms with Crippen LogP contribution in [-0.4, -0.2) is 38.0 Å². The molecule has 0 aromatic rings. The van der Waals surface area contributed by atoms with Crippen LogP contribution in [0.3, 0.4) is 0 Å². The fraction of sp³-hybridized carbons (Fsp3) is 0.750. The van der Waals surface area contributed by atoms with Gasteiger partial charge in [0.15, 0.2) is 0 Å². The van der Waals surface area contributed by atoms with E-state index in [0.717, 1.165) is 0 Å². The predicted molar refractivity (Wildman–Crippen MR) is 36.7 cm³/mol. The third-order valence-corrected chi connectivity index (χ3v) is 3.08. The van der Waals surface area contributed by atoms with Crippen molar-refractivity contribution in [2.45, 2.75) is 5.25 Å². The number of rotatable bonds is 2. The molecule has 1 amide bonds. The van der Waals surface area contributed by atoms with Crippen molar-refractivity contribution in [2.75, 3.05) is 13.1 Å². The number of nitrogens with one attached hydrogen (secondary N) is 2. The molecule has 0 saturated carbocycles. The fourth-order valence-electron chi connectivity index (χ4n) is 0.687. The second kappa shape index (κ2) is 2.67. The Hall–Kier alpha value is -0.820. The number of hydrogen-bond acceptors (Lipinski definition) is 4. The van der Waals surface area contributed by atoms with Crippen LogP contribution < -0.4 is 10.0 Å². The Morgan fingerprint density at radius 1 is 1.55 bits per heavy atom. The number of carboxylic acid groups (broad SMARTS) is 1. The zero-order valence-corrected chi connectivity index (χ0v) is 6.39. The van der Waals surface area contributed by atoms with Gasteiger partial charge in [0.2, 0.25) is 10.0 Å². The first-order chi connectivity index (χ1) is 5.02. The lowest BCUT2D eigenvalue weighted by atomic mass is 10.3. The van der Waals surface area contributed by atoms with Crippen LogP contribution in [-0.2, 0) is 10.0 Å². The number of carbonyl (C=O) groups is 1. The molecule has 1 rings (SSSR count). The summed E-state index contributed by atoms with van der Waals surface area (Å²) in [4.78, 5) is 9.95. The van der Waals surface area contributed by atoms with E-state index in [1.807, 2.05) is 0 Å². The normalized spacial score (nSPS) is 18.9. The third kappa shape index (κ3) is 1.81. The van der Waals surface area contributed by atoms with Crippen molar-refractivity contribution < 1.29 is 18.3 Å². The summed E-state index contributed by atoms with van der Waals surface area (Å²) in [5.41, 5.74) is 0. The minimum absolute atomic E-state index is 0.322. The summed E-state index contributed by atoms with van der Waals surface area (Å²) >= 11 is 0. The van der Waals surface area contributed by atoms with E-state index in [0.29, 0.717) is 13.1 Å². The van der Waals surface area contributed by atoms with E-state index in [9.17, 15) is 13.2 Å². The molecule has 0 spiro atoms. The Morgan fingerprint density at radius 2 is 2.09 bits per heavy atom. The van der Waals surface area contributed by atoms with Crippen LogP contribution in [0.1, 0.15) is 0 Å². The van der Waals surface area contributed by atoms with E-state index in [4.69, 9.17) is 5.11 Å². The molecular weight excluding hydrogens is 172 g/mol. The van der Waals surface area contributed by atoms with Crippen LogP contribution >= 0.6 is 0 Å². The van der Waals surface area contributed by atoms with Crippen molar-refractivity contribution >= 4 is 16.1 Å². The van der Waals surface area contributed by atoms with Gasteiger partial charge in [-0.25, -0.2) is 17.9 Å². The smallest absolute Gasteiger partial charge is 0.418 e. The van der Waals surface area contributed by atoms with Crippen molar-refractivity contribution in [1.29, 1.82) is 0 Å². The first-order valence-corrected chi connectivity index (χ1v) is 4.52. The molecule has 1 saturated heterocycles. The second-order valence-electron chi connectivity index (χ2n) is 2.23. The quantitative estimate of drug-likeness (QED) is 0.483. The average molecular weight is 180 g/mol. The van der Waals surface area contributed by atoms with E-state index < -0.39 is 21.4 Å². The van der Waals surface area contributed by atoms with Gasteiger partial charge in [0.25, 0.3) is 0 Å². The Kier molecular flexibility index (Phi) is 2.01. The lowest BCUT2D eigenvalue weighted by Gasteiger charge is -2.25. The molecule has 7 heteroatoms. The van der Waals surface area contributed by atoms with Crippen molar-refractivity contribution in [3.8, 4) is 0 Å². The van der Waals surface area contributed by atoms with Crippen molar-refractivity contribution in [3.63, 3.8) is 0 Å². The van der Waals surface area contributed by atoms with Gasteiger partial charge in [0, 0.05) is 13.1 Å². The number of hydrogen-bond donors (Lipinski definition) is 3. The van der Waals surface area contributed by atoms with Crippen LogP contribution in [0.15, 0.2) is 0 Å². The van der Waals surface area contributed by atoms with Gasteiger partial charge < -0.3 is 10.4 Å². The van der Waals surface area contributed by atoms with Crippen molar-refractivity contribution in [1.82, 2.24) is 10.0 Å². The SMILES string of the molecule is O=C(O)NS(=O)(=O)C1CNC1. The lowest BCUT2D eigenvalue weighted by molar-refractivity contribution is 0.201. The minimum Gasteiger partial charge on any atom is -0.464 e. The summed E-state index contributed by atoms with van der Waals surface area (Å²) in [5.74, 6) is 0. The monoisotopic (exact) mass is 180 g/mol. The highest BCUT2D eigenvalue weighted by atomic mass is 32.2. The van der Waals surface area contributed by atoms with E-state index in [1.54, 1.807) is 0 Å². The molecule has 11 heavy (non-hydrogen) atoms. The molecule has 0 atom stereocenters. The Bertz CT molecular complexity index is 255. The summed E-state index contributed by atoms with van der Waals surface area (Å²) in [6.45, 7) is 0.644. The maximum absolute atomic E-state index is 10.9. The molecule has 0 bridgehead atoms. The number of amides is 1. The van der Waals surface area contributed by atoms with Gasteiger partial charge in [0.1, 0.15) is 5.25 Å². The van der Waals surface area contributed by atoms with Gasteiger partial charge in [-0.1, -0.05) is 0 Å². The molecule has 1 heterocycles. The molecule has 64 valence electrons. The van der Waals surface area contributed by atoms with Gasteiger partial charge in [-0.3, -0.25) is 0 Å². The summed E-state index contributed by atoms with van der Waals surface area (Å²) in [6.07, 6.45) is -1.53. The van der Waals surface area contributed by atoms with Crippen molar-refractivity contribution in [3.05, 3.63) is 0 Å². The first-order valence-electron chi connectivity index (χ1n) is 2.97. The first kappa shape index (κ1) is 8.28. The van der Waals surface area contributed by atoms with Gasteiger partial charge in [-0.2, -0.15) is 0 Å². The Morgan fingerprint density at radius 3 is 2.36 bits per heavy atom. The summed E-state index contributed by atoms with van der Waals surface area (Å²) in [5, 5.41) is 10.2. The van der Waals surface area contributed by atoms with Gasteiger partial charge in [-0.15, -0.1) is 0 Å². The van der Waals surface area contributed by atoms with Gasteiger partial charge in [0.05, 0.1) is 0 Å². The van der Waals surface area contributed by atoms with Crippen LogP contribution in [0.25, 0.3) is 0 Å². The van der Waals surface area contributed by atoms with E-state index in [2.05, 4.69) is 5.32 Å². The highest BCUT2D eigenvalue weighted by molar-refractivity contribution is 7.90. The van der Waals surface area contributed by atoms with Crippen LogP contribution in [0.4, 0.5) is 4.79 Å². The van der Waals surface area contributed by atoms with Crippen LogP contribution in [0.2, 0.25) is 0 Å². The molecule has 3 N–H and O–H groups in total. The maximum atomic E-state index is 10.9. The molecule has 0 unspecified atom stereocenters. The summed E-state index contributed by atoms with van der Waals surface area (Å²) < 4.78 is 23.3. The molecular formula is C4H8N2O4S. The van der Waals surface area contributed by atoms with Gasteiger partial charge >= 0.3 is 6.09 Å². The Labute approximate surface area is 63.6 Å². The molecule has 0 aromatic heterocycles. The van der Waals surface area contributed by atoms with Crippen LogP contribution in [0.5, 0.6) is 0 Å². The van der Waals surface area contributed by atoms with E-state index in [1.165, 1.54) is 4.72 Å².